The first-order chi connectivity index (χ1) is 9.06. The van der Waals surface area contributed by atoms with Crippen molar-refractivity contribution < 1.29 is 9.18 Å². The van der Waals surface area contributed by atoms with Gasteiger partial charge in [-0.05, 0) is 48.4 Å². The molecule has 19 heavy (non-hydrogen) atoms. The van der Waals surface area contributed by atoms with Gasteiger partial charge in [-0.15, -0.1) is 0 Å². The molecule has 4 heteroatoms. The van der Waals surface area contributed by atoms with Gasteiger partial charge >= 0.3 is 0 Å². The summed E-state index contributed by atoms with van der Waals surface area (Å²) in [5.41, 5.74) is 8.08. The van der Waals surface area contributed by atoms with Gasteiger partial charge in [0, 0.05) is 17.8 Å². The highest BCUT2D eigenvalue weighted by atomic mass is 19.1. The SMILES string of the molecule is Cc1cc(NCc2cccc(C(N)=O)c2)ccc1F. The maximum absolute atomic E-state index is 13.1. The molecule has 2 aromatic carbocycles. The van der Waals surface area contributed by atoms with Crippen LogP contribution in [-0.4, -0.2) is 5.91 Å². The predicted octanol–water partition coefficient (Wildman–Crippen LogP) is 2.85. The lowest BCUT2D eigenvalue weighted by molar-refractivity contribution is 0.1000. The van der Waals surface area contributed by atoms with Crippen molar-refractivity contribution in [2.75, 3.05) is 5.32 Å². The third-order valence-electron chi connectivity index (χ3n) is 2.87. The molecule has 98 valence electrons. The van der Waals surface area contributed by atoms with Crippen LogP contribution in [0.25, 0.3) is 0 Å². The highest BCUT2D eigenvalue weighted by molar-refractivity contribution is 5.92. The average molecular weight is 258 g/mol. The molecule has 0 saturated carbocycles. The lowest BCUT2D eigenvalue weighted by Crippen LogP contribution is -2.11. The zero-order valence-corrected chi connectivity index (χ0v) is 10.6. The van der Waals surface area contributed by atoms with E-state index >= 15 is 0 Å². The molecule has 0 aromatic heterocycles. The van der Waals surface area contributed by atoms with Crippen molar-refractivity contribution in [1.29, 1.82) is 0 Å². The van der Waals surface area contributed by atoms with Crippen LogP contribution < -0.4 is 11.1 Å². The minimum atomic E-state index is -0.445. The molecular weight excluding hydrogens is 243 g/mol. The molecule has 2 rings (SSSR count). The fourth-order valence-corrected chi connectivity index (χ4v) is 1.79. The molecule has 3 N–H and O–H groups in total. The summed E-state index contributed by atoms with van der Waals surface area (Å²) < 4.78 is 13.1. The number of primary amides is 1. The van der Waals surface area contributed by atoms with Crippen LogP contribution in [0.1, 0.15) is 21.5 Å². The first kappa shape index (κ1) is 13.1. The maximum Gasteiger partial charge on any atom is 0.248 e. The van der Waals surface area contributed by atoms with E-state index in [9.17, 15) is 9.18 Å². The number of carbonyl (C=O) groups is 1. The Morgan fingerprint density at radius 2 is 2.05 bits per heavy atom. The molecule has 0 aliphatic rings. The summed E-state index contributed by atoms with van der Waals surface area (Å²) in [4.78, 5) is 11.1. The van der Waals surface area contributed by atoms with Gasteiger partial charge in [-0.1, -0.05) is 12.1 Å². The first-order valence-electron chi connectivity index (χ1n) is 5.95. The maximum atomic E-state index is 13.1. The van der Waals surface area contributed by atoms with Gasteiger partial charge in [-0.3, -0.25) is 4.79 Å². The number of rotatable bonds is 4. The standard InChI is InChI=1S/C15H15FN2O/c1-10-7-13(5-6-14(10)16)18-9-11-3-2-4-12(8-11)15(17)19/h2-8,18H,9H2,1H3,(H2,17,19). The van der Waals surface area contributed by atoms with Crippen molar-refractivity contribution in [3.05, 3.63) is 65.0 Å². The normalized spacial score (nSPS) is 10.2. The Balaban J connectivity index is 2.07. The molecular formula is C15H15FN2O. The van der Waals surface area contributed by atoms with Crippen LogP contribution in [-0.2, 0) is 6.54 Å². The van der Waals surface area contributed by atoms with E-state index in [1.165, 1.54) is 6.07 Å². The van der Waals surface area contributed by atoms with E-state index in [-0.39, 0.29) is 5.82 Å². The second-order valence-corrected chi connectivity index (χ2v) is 4.38. The zero-order valence-electron chi connectivity index (χ0n) is 10.6. The lowest BCUT2D eigenvalue weighted by atomic mass is 10.1. The van der Waals surface area contributed by atoms with E-state index in [4.69, 9.17) is 5.73 Å². The van der Waals surface area contributed by atoms with Crippen molar-refractivity contribution >= 4 is 11.6 Å². The van der Waals surface area contributed by atoms with Crippen LogP contribution in [0, 0.1) is 12.7 Å². The summed E-state index contributed by atoms with van der Waals surface area (Å²) in [6, 6.07) is 12.0. The number of anilines is 1. The van der Waals surface area contributed by atoms with Gasteiger partial charge in [0.25, 0.3) is 0 Å². The fraction of sp³-hybridized carbons (Fsp3) is 0.133. The second kappa shape index (κ2) is 5.52. The number of nitrogens with one attached hydrogen (secondary N) is 1. The number of hydrogen-bond acceptors (Lipinski definition) is 2. The summed E-state index contributed by atoms with van der Waals surface area (Å²) in [6.07, 6.45) is 0. The van der Waals surface area contributed by atoms with E-state index in [0.29, 0.717) is 17.7 Å². The molecule has 1 amide bonds. The summed E-state index contributed by atoms with van der Waals surface area (Å²) >= 11 is 0. The summed E-state index contributed by atoms with van der Waals surface area (Å²) in [7, 11) is 0. The van der Waals surface area contributed by atoms with E-state index in [0.717, 1.165) is 11.3 Å². The van der Waals surface area contributed by atoms with Crippen molar-refractivity contribution in [1.82, 2.24) is 0 Å². The van der Waals surface area contributed by atoms with Gasteiger partial charge in [-0.25, -0.2) is 4.39 Å². The molecule has 3 nitrogen and oxygen atoms in total. The van der Waals surface area contributed by atoms with Crippen molar-refractivity contribution in [2.24, 2.45) is 5.73 Å². The zero-order chi connectivity index (χ0) is 13.8. The Bertz CT molecular complexity index is 611. The van der Waals surface area contributed by atoms with Gasteiger partial charge in [0.1, 0.15) is 5.82 Å². The Morgan fingerprint density at radius 1 is 1.26 bits per heavy atom. The van der Waals surface area contributed by atoms with Crippen LogP contribution in [0.4, 0.5) is 10.1 Å². The first-order valence-corrected chi connectivity index (χ1v) is 5.95. The van der Waals surface area contributed by atoms with Crippen molar-refractivity contribution in [3.63, 3.8) is 0 Å². The van der Waals surface area contributed by atoms with Crippen molar-refractivity contribution in [2.45, 2.75) is 13.5 Å². The van der Waals surface area contributed by atoms with Crippen LogP contribution in [0.15, 0.2) is 42.5 Å². The summed E-state index contributed by atoms with van der Waals surface area (Å²) in [5, 5.41) is 3.18. The van der Waals surface area contributed by atoms with Gasteiger partial charge in [-0.2, -0.15) is 0 Å². The molecule has 0 fully saturated rings. The Morgan fingerprint density at radius 3 is 2.74 bits per heavy atom. The topological polar surface area (TPSA) is 55.1 Å². The predicted molar refractivity (Wildman–Crippen MR) is 73.4 cm³/mol. The number of aryl methyl sites for hydroxylation is 1. The van der Waals surface area contributed by atoms with Gasteiger partial charge < -0.3 is 11.1 Å². The smallest absolute Gasteiger partial charge is 0.248 e. The molecule has 0 unspecified atom stereocenters. The third kappa shape index (κ3) is 3.31. The molecule has 0 aliphatic heterocycles. The van der Waals surface area contributed by atoms with Crippen LogP contribution in [0.2, 0.25) is 0 Å². The fourth-order valence-electron chi connectivity index (χ4n) is 1.79. The van der Waals surface area contributed by atoms with E-state index in [1.54, 1.807) is 37.3 Å². The minimum absolute atomic E-state index is 0.221. The molecule has 0 aliphatic carbocycles. The third-order valence-corrected chi connectivity index (χ3v) is 2.87. The number of nitrogens with two attached hydrogens (primary N) is 1. The quantitative estimate of drug-likeness (QED) is 0.886. The van der Waals surface area contributed by atoms with Crippen LogP contribution >= 0.6 is 0 Å². The molecule has 0 bridgehead atoms. The minimum Gasteiger partial charge on any atom is -0.381 e. The van der Waals surface area contributed by atoms with E-state index in [2.05, 4.69) is 5.32 Å². The Hall–Kier alpha value is -2.36. The summed E-state index contributed by atoms with van der Waals surface area (Å²) in [6.45, 7) is 2.26. The van der Waals surface area contributed by atoms with Crippen LogP contribution in [0.3, 0.4) is 0 Å². The highest BCUT2D eigenvalue weighted by Gasteiger charge is 2.02. The number of amides is 1. The average Bonchev–Trinajstić information content (AvgIpc) is 2.40. The number of halogens is 1. The highest BCUT2D eigenvalue weighted by Crippen LogP contribution is 2.15. The van der Waals surface area contributed by atoms with E-state index < -0.39 is 5.91 Å². The monoisotopic (exact) mass is 258 g/mol. The largest absolute Gasteiger partial charge is 0.381 e. The number of benzene rings is 2. The van der Waals surface area contributed by atoms with E-state index in [1.807, 2.05) is 6.07 Å². The second-order valence-electron chi connectivity index (χ2n) is 4.38. The van der Waals surface area contributed by atoms with Gasteiger partial charge in [0.15, 0.2) is 0 Å². The molecule has 0 radical (unpaired) electrons. The summed E-state index contributed by atoms with van der Waals surface area (Å²) in [5.74, 6) is -0.666. The molecule has 0 saturated heterocycles. The molecule has 2 aromatic rings. The molecule has 0 heterocycles. The van der Waals surface area contributed by atoms with Gasteiger partial charge in [0.2, 0.25) is 5.91 Å². The van der Waals surface area contributed by atoms with Crippen LogP contribution in [0.5, 0.6) is 0 Å². The Kier molecular flexibility index (Phi) is 3.80. The molecule has 0 atom stereocenters. The Labute approximate surface area is 111 Å². The van der Waals surface area contributed by atoms with Crippen molar-refractivity contribution in [3.8, 4) is 0 Å². The number of hydrogen-bond donors (Lipinski definition) is 2. The molecule has 0 spiro atoms. The van der Waals surface area contributed by atoms with Gasteiger partial charge in [0.05, 0.1) is 0 Å². The number of carbonyl (C=O) groups excluding carboxylic acids is 1. The lowest BCUT2D eigenvalue weighted by Gasteiger charge is -2.08.